The second-order valence-electron chi connectivity index (χ2n) is 7.94. The Balaban J connectivity index is 2.07. The van der Waals surface area contributed by atoms with Gasteiger partial charge in [0.15, 0.2) is 5.65 Å². The summed E-state index contributed by atoms with van der Waals surface area (Å²) in [5.74, 6) is 0. The molecule has 7 nitrogen and oxygen atoms in total. The smallest absolute Gasteiger partial charge is 0.407 e. The van der Waals surface area contributed by atoms with E-state index in [2.05, 4.69) is 30.9 Å². The first kappa shape index (κ1) is 17.7. The molecule has 1 N–H and O–H groups in total. The molecule has 2 unspecified atom stereocenters. The minimum absolute atomic E-state index is 0.135. The molecule has 1 amide bonds. The van der Waals surface area contributed by atoms with Gasteiger partial charge >= 0.3 is 6.09 Å². The van der Waals surface area contributed by atoms with Gasteiger partial charge < -0.3 is 14.7 Å². The summed E-state index contributed by atoms with van der Waals surface area (Å²) in [6.07, 6.45) is 3.86. The first-order valence-corrected chi connectivity index (χ1v) is 8.53. The number of likely N-dealkylation sites (tertiary alicyclic amines) is 1. The van der Waals surface area contributed by atoms with Crippen LogP contribution in [0.15, 0.2) is 18.6 Å². The van der Waals surface area contributed by atoms with Gasteiger partial charge in [-0.15, -0.1) is 0 Å². The third-order valence-corrected chi connectivity index (χ3v) is 5.41. The van der Waals surface area contributed by atoms with Gasteiger partial charge in [0.2, 0.25) is 0 Å². The number of aryl methyl sites for hydroxylation is 1. The Morgan fingerprint density at radius 1 is 1.44 bits per heavy atom. The predicted molar refractivity (Wildman–Crippen MR) is 93.6 cm³/mol. The van der Waals surface area contributed by atoms with Gasteiger partial charge in [0.05, 0.1) is 5.60 Å². The van der Waals surface area contributed by atoms with Crippen LogP contribution >= 0.6 is 0 Å². The number of hydrogen-bond donors (Lipinski definition) is 1. The number of fused-ring (bicyclic) bond motifs is 1. The largest absolute Gasteiger partial charge is 0.465 e. The van der Waals surface area contributed by atoms with Gasteiger partial charge in [-0.1, -0.05) is 20.8 Å². The molecule has 2 aromatic rings. The Morgan fingerprint density at radius 3 is 2.76 bits per heavy atom. The van der Waals surface area contributed by atoms with Crippen molar-refractivity contribution in [2.75, 3.05) is 13.7 Å². The lowest BCUT2D eigenvalue weighted by Gasteiger charge is -2.50. The summed E-state index contributed by atoms with van der Waals surface area (Å²) < 4.78 is 7.79. The van der Waals surface area contributed by atoms with E-state index in [0.717, 1.165) is 16.8 Å². The molecule has 7 heteroatoms. The number of methoxy groups -OCH3 is 1. The molecular weight excluding hydrogens is 320 g/mol. The molecule has 0 radical (unpaired) electrons. The van der Waals surface area contributed by atoms with Crippen LogP contribution in [0.2, 0.25) is 0 Å². The van der Waals surface area contributed by atoms with Crippen LogP contribution in [0.1, 0.15) is 44.7 Å². The highest BCUT2D eigenvalue weighted by atomic mass is 16.5. The zero-order valence-electron chi connectivity index (χ0n) is 15.5. The van der Waals surface area contributed by atoms with E-state index in [0.29, 0.717) is 19.4 Å². The van der Waals surface area contributed by atoms with Crippen molar-refractivity contribution in [2.45, 2.75) is 52.2 Å². The molecule has 0 saturated carbocycles. The summed E-state index contributed by atoms with van der Waals surface area (Å²) in [6, 6.07) is 1.86. The summed E-state index contributed by atoms with van der Waals surface area (Å²) in [5.41, 5.74) is 2.20. The number of amides is 1. The Morgan fingerprint density at radius 2 is 2.16 bits per heavy atom. The molecule has 1 aliphatic rings. The van der Waals surface area contributed by atoms with Gasteiger partial charge in [0, 0.05) is 37.9 Å². The van der Waals surface area contributed by atoms with Gasteiger partial charge in [0.25, 0.3) is 0 Å². The van der Waals surface area contributed by atoms with Crippen molar-refractivity contribution in [3.63, 3.8) is 0 Å². The third-order valence-electron chi connectivity index (χ3n) is 5.41. The van der Waals surface area contributed by atoms with E-state index in [1.807, 2.05) is 19.2 Å². The van der Waals surface area contributed by atoms with E-state index < -0.39 is 11.7 Å². The molecule has 0 aromatic carbocycles. The van der Waals surface area contributed by atoms with Crippen LogP contribution in [0.3, 0.4) is 0 Å². The zero-order valence-corrected chi connectivity index (χ0v) is 15.5. The maximum Gasteiger partial charge on any atom is 0.407 e. The van der Waals surface area contributed by atoms with Crippen molar-refractivity contribution >= 4 is 11.7 Å². The highest BCUT2D eigenvalue weighted by molar-refractivity contribution is 5.66. The fourth-order valence-corrected chi connectivity index (χ4v) is 3.96. The molecule has 3 rings (SSSR count). The van der Waals surface area contributed by atoms with E-state index in [4.69, 9.17) is 4.74 Å². The third kappa shape index (κ3) is 2.97. The molecule has 136 valence electrons. The van der Waals surface area contributed by atoms with E-state index >= 15 is 0 Å². The Kier molecular flexibility index (Phi) is 4.23. The van der Waals surface area contributed by atoms with E-state index in [-0.39, 0.29) is 11.5 Å². The van der Waals surface area contributed by atoms with Crippen LogP contribution in [0.5, 0.6) is 0 Å². The van der Waals surface area contributed by atoms with E-state index in [1.165, 1.54) is 6.33 Å². The van der Waals surface area contributed by atoms with Crippen LogP contribution < -0.4 is 0 Å². The SMILES string of the molecule is COC1(c2cn3ncnc3cc2C)CCN(C(=O)O)C(C(C)(C)C)C1. The second kappa shape index (κ2) is 5.98. The predicted octanol–water partition coefficient (Wildman–Crippen LogP) is 3.07. The average molecular weight is 346 g/mol. The fourth-order valence-electron chi connectivity index (χ4n) is 3.96. The van der Waals surface area contributed by atoms with Gasteiger partial charge in [-0.3, -0.25) is 0 Å². The Labute approximate surface area is 147 Å². The topological polar surface area (TPSA) is 80.0 Å². The molecule has 0 bridgehead atoms. The Hall–Kier alpha value is -2.15. The maximum absolute atomic E-state index is 11.7. The van der Waals surface area contributed by atoms with Crippen molar-refractivity contribution in [3.05, 3.63) is 29.7 Å². The van der Waals surface area contributed by atoms with Crippen molar-refractivity contribution < 1.29 is 14.6 Å². The summed E-state index contributed by atoms with van der Waals surface area (Å²) >= 11 is 0. The number of hydrogen-bond acceptors (Lipinski definition) is 4. The number of pyridine rings is 1. The van der Waals surface area contributed by atoms with Gasteiger partial charge in [-0.2, -0.15) is 5.10 Å². The molecule has 1 aliphatic heterocycles. The highest BCUT2D eigenvalue weighted by Crippen LogP contribution is 2.44. The lowest BCUT2D eigenvalue weighted by Crippen LogP contribution is -2.56. The minimum atomic E-state index is -0.868. The summed E-state index contributed by atoms with van der Waals surface area (Å²) in [7, 11) is 1.71. The van der Waals surface area contributed by atoms with Crippen LogP contribution in [0.25, 0.3) is 5.65 Å². The molecule has 3 heterocycles. The number of piperidine rings is 1. The molecule has 2 atom stereocenters. The second-order valence-corrected chi connectivity index (χ2v) is 7.94. The summed E-state index contributed by atoms with van der Waals surface area (Å²) in [5, 5.41) is 13.9. The highest BCUT2D eigenvalue weighted by Gasteiger charge is 2.47. The van der Waals surface area contributed by atoms with Gasteiger partial charge in [-0.05, 0) is 30.4 Å². The number of ether oxygens (including phenoxy) is 1. The molecule has 1 saturated heterocycles. The van der Waals surface area contributed by atoms with E-state index in [1.54, 1.807) is 16.5 Å². The Bertz CT molecular complexity index is 795. The fraction of sp³-hybridized carbons (Fsp3) is 0.611. The van der Waals surface area contributed by atoms with Crippen molar-refractivity contribution in [1.82, 2.24) is 19.5 Å². The van der Waals surface area contributed by atoms with Crippen LogP contribution in [0, 0.1) is 12.3 Å². The minimum Gasteiger partial charge on any atom is -0.465 e. The standard InChI is InChI=1S/C18H26N4O3/c1-12-8-15-19-11-20-22(15)10-13(12)18(25-5)6-7-21(16(23)24)14(9-18)17(2,3)4/h8,10-11,14H,6-7,9H2,1-5H3,(H,23,24). The quantitative estimate of drug-likeness (QED) is 0.904. The van der Waals surface area contributed by atoms with Crippen LogP contribution in [-0.2, 0) is 10.3 Å². The van der Waals surface area contributed by atoms with Crippen molar-refractivity contribution in [1.29, 1.82) is 0 Å². The van der Waals surface area contributed by atoms with Gasteiger partial charge in [-0.25, -0.2) is 14.3 Å². The normalized spacial score (nSPS) is 24.7. The first-order valence-electron chi connectivity index (χ1n) is 8.53. The van der Waals surface area contributed by atoms with E-state index in [9.17, 15) is 9.90 Å². The first-order chi connectivity index (χ1) is 11.7. The van der Waals surface area contributed by atoms with Crippen LogP contribution in [-0.4, -0.2) is 50.4 Å². The van der Waals surface area contributed by atoms with Gasteiger partial charge in [0.1, 0.15) is 6.33 Å². The molecular formula is C18H26N4O3. The molecule has 0 aliphatic carbocycles. The number of rotatable bonds is 2. The lowest BCUT2D eigenvalue weighted by molar-refractivity contribution is -0.0950. The zero-order chi connectivity index (χ0) is 18.4. The maximum atomic E-state index is 11.7. The summed E-state index contributed by atoms with van der Waals surface area (Å²) in [4.78, 5) is 17.5. The summed E-state index contributed by atoms with van der Waals surface area (Å²) in [6.45, 7) is 8.72. The molecule has 0 spiro atoms. The van der Waals surface area contributed by atoms with Crippen LogP contribution in [0.4, 0.5) is 4.79 Å². The average Bonchev–Trinajstić information content (AvgIpc) is 2.99. The molecule has 25 heavy (non-hydrogen) atoms. The molecule has 1 fully saturated rings. The number of aromatic nitrogens is 3. The van der Waals surface area contributed by atoms with Crippen molar-refractivity contribution in [3.8, 4) is 0 Å². The number of carbonyl (C=O) groups is 1. The van der Waals surface area contributed by atoms with Crippen molar-refractivity contribution in [2.24, 2.45) is 5.41 Å². The lowest BCUT2D eigenvalue weighted by atomic mass is 9.72. The number of carboxylic acid groups (broad SMARTS) is 1. The molecule has 2 aromatic heterocycles. The number of nitrogens with zero attached hydrogens (tertiary/aromatic N) is 4. The monoisotopic (exact) mass is 346 g/mol.